The first-order valence-electron chi connectivity index (χ1n) is 8.66. The number of carbonyl (C=O) groups is 3. The van der Waals surface area contributed by atoms with E-state index in [0.717, 1.165) is 5.56 Å². The van der Waals surface area contributed by atoms with Crippen LogP contribution in [0, 0.1) is 6.92 Å². The summed E-state index contributed by atoms with van der Waals surface area (Å²) in [6.45, 7) is 4.81. The molecule has 0 radical (unpaired) electrons. The molecule has 0 fully saturated rings. The van der Waals surface area contributed by atoms with Gasteiger partial charge in [-0.2, -0.15) is 0 Å². The van der Waals surface area contributed by atoms with Gasteiger partial charge in [-0.3, -0.25) is 9.59 Å². The van der Waals surface area contributed by atoms with Crippen molar-refractivity contribution in [2.45, 2.75) is 26.3 Å². The van der Waals surface area contributed by atoms with Crippen LogP contribution in [0.2, 0.25) is 0 Å². The Kier molecular flexibility index (Phi) is 5.51. The lowest BCUT2D eigenvalue weighted by molar-refractivity contribution is -0.114. The van der Waals surface area contributed by atoms with Crippen LogP contribution in [-0.2, 0) is 9.53 Å². The normalized spacial score (nSPS) is 11.9. The molecule has 3 rings (SSSR count). The average molecular weight is 399 g/mol. The Morgan fingerprint density at radius 1 is 1.11 bits per heavy atom. The van der Waals surface area contributed by atoms with Gasteiger partial charge in [0.05, 0.1) is 11.3 Å². The number of esters is 1. The minimum atomic E-state index is -0.764. The van der Waals surface area contributed by atoms with Crippen molar-refractivity contribution in [3.8, 4) is 0 Å². The largest absolute Gasteiger partial charge is 0.443 e. The molecule has 0 aliphatic heterocycles. The zero-order valence-electron chi connectivity index (χ0n) is 15.6. The van der Waals surface area contributed by atoms with Crippen molar-refractivity contribution in [3.63, 3.8) is 0 Å². The summed E-state index contributed by atoms with van der Waals surface area (Å²) >= 11 is 5.71. The number of halogens is 1. The van der Waals surface area contributed by atoms with Gasteiger partial charge in [0.25, 0.3) is 0 Å². The molecule has 1 atom stereocenters. The van der Waals surface area contributed by atoms with Gasteiger partial charge in [-0.05, 0) is 38.1 Å². The van der Waals surface area contributed by atoms with Crippen LogP contribution in [0.4, 0.5) is 5.69 Å². The second-order valence-electron chi connectivity index (χ2n) is 6.46. The van der Waals surface area contributed by atoms with Crippen molar-refractivity contribution < 1.29 is 19.1 Å². The Hall–Kier alpha value is -3.12. The predicted octanol–water partition coefficient (Wildman–Crippen LogP) is 4.41. The third-order valence-corrected chi connectivity index (χ3v) is 4.20. The zero-order chi connectivity index (χ0) is 20.4. The number of aromatic amines is 1. The maximum absolute atomic E-state index is 13.0. The van der Waals surface area contributed by atoms with Gasteiger partial charge >= 0.3 is 5.97 Å². The standard InChI is InChI=1S/C21H19ClN2O4/c1-11-5-4-6-14(9-11)20(26)19-18(23-13(3)25)16-8-7-15(10-17(16)24-19)21(27)28-12(2)22/h4-10,12,24H,1-3H3,(H,23,25). The number of alkyl halides is 1. The van der Waals surface area contributed by atoms with E-state index in [9.17, 15) is 14.4 Å². The zero-order valence-corrected chi connectivity index (χ0v) is 16.4. The van der Waals surface area contributed by atoms with Gasteiger partial charge in [-0.15, -0.1) is 0 Å². The maximum atomic E-state index is 13.0. The number of fused-ring (bicyclic) bond motifs is 1. The quantitative estimate of drug-likeness (QED) is 0.378. The van der Waals surface area contributed by atoms with Crippen molar-refractivity contribution in [3.05, 3.63) is 64.8 Å². The molecule has 2 aromatic carbocycles. The van der Waals surface area contributed by atoms with E-state index in [-0.39, 0.29) is 22.9 Å². The van der Waals surface area contributed by atoms with Crippen LogP contribution in [0.25, 0.3) is 10.9 Å². The molecule has 7 heteroatoms. The lowest BCUT2D eigenvalue weighted by Crippen LogP contribution is -2.11. The fraction of sp³-hybridized carbons (Fsp3) is 0.190. The highest BCUT2D eigenvalue weighted by atomic mass is 35.5. The van der Waals surface area contributed by atoms with Gasteiger partial charge in [-0.25, -0.2) is 4.79 Å². The summed E-state index contributed by atoms with van der Waals surface area (Å²) in [6, 6.07) is 12.0. The lowest BCUT2D eigenvalue weighted by atomic mass is 10.0. The Morgan fingerprint density at radius 2 is 1.86 bits per heavy atom. The van der Waals surface area contributed by atoms with Gasteiger partial charge in [-0.1, -0.05) is 35.4 Å². The van der Waals surface area contributed by atoms with Gasteiger partial charge in [0.2, 0.25) is 11.7 Å². The summed E-state index contributed by atoms with van der Waals surface area (Å²) in [5.41, 5.74) is 2.10. The molecule has 144 valence electrons. The third kappa shape index (κ3) is 4.07. The molecule has 1 amide bonds. The fourth-order valence-electron chi connectivity index (χ4n) is 2.95. The van der Waals surface area contributed by atoms with Gasteiger partial charge in [0.1, 0.15) is 5.69 Å². The highest BCUT2D eigenvalue weighted by Crippen LogP contribution is 2.30. The van der Waals surface area contributed by atoms with E-state index in [1.165, 1.54) is 6.92 Å². The van der Waals surface area contributed by atoms with Crippen LogP contribution in [-0.4, -0.2) is 28.2 Å². The van der Waals surface area contributed by atoms with Gasteiger partial charge in [0, 0.05) is 23.4 Å². The molecule has 0 saturated carbocycles. The smallest absolute Gasteiger partial charge is 0.339 e. The predicted molar refractivity (Wildman–Crippen MR) is 108 cm³/mol. The number of hydrogen-bond donors (Lipinski definition) is 2. The van der Waals surface area contributed by atoms with E-state index in [2.05, 4.69) is 10.3 Å². The number of nitrogens with one attached hydrogen (secondary N) is 2. The summed E-state index contributed by atoms with van der Waals surface area (Å²) in [4.78, 5) is 39.9. The number of aryl methyl sites for hydroxylation is 1. The number of anilines is 1. The molecule has 0 spiro atoms. The lowest BCUT2D eigenvalue weighted by Gasteiger charge is -2.07. The van der Waals surface area contributed by atoms with Crippen molar-refractivity contribution in [2.24, 2.45) is 0 Å². The van der Waals surface area contributed by atoms with E-state index in [1.807, 2.05) is 13.0 Å². The van der Waals surface area contributed by atoms with Crippen LogP contribution in [0.5, 0.6) is 0 Å². The molecule has 2 N–H and O–H groups in total. The Bertz CT molecular complexity index is 1090. The molecule has 0 aliphatic carbocycles. The van der Waals surface area contributed by atoms with Gasteiger partial charge in [0.15, 0.2) is 5.56 Å². The monoisotopic (exact) mass is 398 g/mol. The number of ether oxygens (including phenoxy) is 1. The van der Waals surface area contributed by atoms with Crippen molar-refractivity contribution in [1.82, 2.24) is 4.98 Å². The third-order valence-electron chi connectivity index (χ3n) is 4.11. The molecule has 0 aliphatic rings. The molecule has 6 nitrogen and oxygen atoms in total. The van der Waals surface area contributed by atoms with E-state index in [0.29, 0.717) is 22.2 Å². The first kappa shape index (κ1) is 19.6. The number of hydrogen-bond acceptors (Lipinski definition) is 4. The average Bonchev–Trinajstić information content (AvgIpc) is 2.97. The molecule has 0 bridgehead atoms. The second kappa shape index (κ2) is 7.86. The van der Waals surface area contributed by atoms with E-state index in [4.69, 9.17) is 16.3 Å². The first-order valence-corrected chi connectivity index (χ1v) is 9.09. The first-order chi connectivity index (χ1) is 13.3. The Labute approximate surface area is 166 Å². The van der Waals surface area contributed by atoms with Crippen LogP contribution in [0.15, 0.2) is 42.5 Å². The fourth-order valence-corrected chi connectivity index (χ4v) is 3.03. The highest BCUT2D eigenvalue weighted by Gasteiger charge is 2.21. The Morgan fingerprint density at radius 3 is 2.50 bits per heavy atom. The van der Waals surface area contributed by atoms with Crippen molar-refractivity contribution in [1.29, 1.82) is 0 Å². The molecule has 28 heavy (non-hydrogen) atoms. The minimum absolute atomic E-state index is 0.243. The highest BCUT2D eigenvalue weighted by molar-refractivity contribution is 6.20. The topological polar surface area (TPSA) is 88.3 Å². The SMILES string of the molecule is CC(=O)Nc1c(C(=O)c2cccc(C)c2)[nH]c2cc(C(=O)OC(C)Cl)ccc12. The maximum Gasteiger partial charge on any atom is 0.339 e. The number of aromatic nitrogens is 1. The van der Waals surface area contributed by atoms with E-state index in [1.54, 1.807) is 43.3 Å². The molecular formula is C21H19ClN2O4. The summed E-state index contributed by atoms with van der Waals surface area (Å²) in [7, 11) is 0. The van der Waals surface area contributed by atoms with Crippen molar-refractivity contribution >= 4 is 45.9 Å². The number of ketones is 1. The van der Waals surface area contributed by atoms with E-state index < -0.39 is 11.5 Å². The number of amides is 1. The van der Waals surface area contributed by atoms with Crippen LogP contribution < -0.4 is 5.32 Å². The summed E-state index contributed by atoms with van der Waals surface area (Å²) < 4.78 is 4.99. The van der Waals surface area contributed by atoms with Gasteiger partial charge < -0.3 is 15.0 Å². The number of carbonyl (C=O) groups excluding carboxylic acids is 3. The van der Waals surface area contributed by atoms with Crippen molar-refractivity contribution in [2.75, 3.05) is 5.32 Å². The summed E-state index contributed by atoms with van der Waals surface area (Å²) in [5, 5.41) is 3.33. The van der Waals surface area contributed by atoms with Crippen LogP contribution >= 0.6 is 11.6 Å². The van der Waals surface area contributed by atoms with Crippen LogP contribution in [0.1, 0.15) is 45.8 Å². The molecule has 1 unspecified atom stereocenters. The number of H-pyrrole nitrogens is 1. The number of benzene rings is 2. The minimum Gasteiger partial charge on any atom is -0.443 e. The molecule has 1 aromatic heterocycles. The molecule has 3 aromatic rings. The second-order valence-corrected chi connectivity index (χ2v) is 7.08. The molecular weight excluding hydrogens is 380 g/mol. The Balaban J connectivity index is 2.11. The molecule has 0 saturated heterocycles. The number of rotatable bonds is 5. The summed E-state index contributed by atoms with van der Waals surface area (Å²) in [6.07, 6.45) is 0. The molecule has 1 heterocycles. The summed E-state index contributed by atoms with van der Waals surface area (Å²) in [5.74, 6) is -1.15. The van der Waals surface area contributed by atoms with Crippen LogP contribution in [0.3, 0.4) is 0 Å². The van der Waals surface area contributed by atoms with E-state index >= 15 is 0 Å².